The molecule has 0 saturated heterocycles. The van der Waals surface area contributed by atoms with Crippen LogP contribution in [-0.2, 0) is 11.2 Å². The summed E-state index contributed by atoms with van der Waals surface area (Å²) in [7, 11) is 0. The molecule has 5 nitrogen and oxygen atoms in total. The van der Waals surface area contributed by atoms with Crippen molar-refractivity contribution in [2.75, 3.05) is 5.32 Å². The van der Waals surface area contributed by atoms with Crippen LogP contribution in [0.25, 0.3) is 0 Å². The van der Waals surface area contributed by atoms with Crippen LogP contribution in [0.2, 0.25) is 0 Å². The summed E-state index contributed by atoms with van der Waals surface area (Å²) in [6, 6.07) is 7.90. The van der Waals surface area contributed by atoms with Crippen LogP contribution in [-0.4, -0.2) is 16.0 Å². The normalized spacial score (nSPS) is 10.8. The second kappa shape index (κ2) is 6.32. The van der Waals surface area contributed by atoms with Crippen LogP contribution in [0.3, 0.4) is 0 Å². The van der Waals surface area contributed by atoms with Crippen molar-refractivity contribution in [3.05, 3.63) is 41.5 Å². The van der Waals surface area contributed by atoms with Crippen molar-refractivity contribution < 1.29 is 9.32 Å². The largest absolute Gasteiger partial charge is 0.339 e. The number of rotatable bonds is 5. The van der Waals surface area contributed by atoms with E-state index in [1.807, 2.05) is 24.3 Å². The van der Waals surface area contributed by atoms with Crippen molar-refractivity contribution >= 4 is 11.6 Å². The number of anilines is 1. The van der Waals surface area contributed by atoms with Gasteiger partial charge in [-0.05, 0) is 30.5 Å². The summed E-state index contributed by atoms with van der Waals surface area (Å²) < 4.78 is 4.97. The molecule has 1 aromatic carbocycles. The molecule has 0 aliphatic rings. The van der Waals surface area contributed by atoms with Crippen molar-refractivity contribution in [3.63, 3.8) is 0 Å². The van der Waals surface area contributed by atoms with Gasteiger partial charge in [0.2, 0.25) is 11.8 Å². The third kappa shape index (κ3) is 3.91. The molecule has 2 aromatic rings. The smallest absolute Gasteiger partial charge is 0.227 e. The number of carbonyl (C=O) groups excluding carboxylic acids is 1. The van der Waals surface area contributed by atoms with Gasteiger partial charge < -0.3 is 9.84 Å². The highest BCUT2D eigenvalue weighted by atomic mass is 16.5. The number of hydrogen-bond acceptors (Lipinski definition) is 4. The Bertz CT molecular complexity index is 573. The minimum absolute atomic E-state index is 0.0573. The van der Waals surface area contributed by atoms with Crippen LogP contribution in [0.1, 0.15) is 43.5 Å². The number of amides is 1. The number of nitrogens with one attached hydrogen (secondary N) is 1. The minimum atomic E-state index is -0.0573. The Morgan fingerprint density at radius 1 is 1.30 bits per heavy atom. The highest BCUT2D eigenvalue weighted by molar-refractivity contribution is 5.90. The van der Waals surface area contributed by atoms with Gasteiger partial charge in [0.05, 0.1) is 0 Å². The molecule has 0 fully saturated rings. The van der Waals surface area contributed by atoms with Crippen LogP contribution < -0.4 is 5.32 Å². The zero-order valence-electron chi connectivity index (χ0n) is 12.0. The first kappa shape index (κ1) is 14.2. The van der Waals surface area contributed by atoms with Crippen LogP contribution in [0.4, 0.5) is 5.69 Å². The van der Waals surface area contributed by atoms with E-state index in [2.05, 4.69) is 29.3 Å². The van der Waals surface area contributed by atoms with Crippen LogP contribution in [0.5, 0.6) is 0 Å². The van der Waals surface area contributed by atoms with Crippen LogP contribution in [0.15, 0.2) is 28.8 Å². The molecular formula is C15H19N3O2. The van der Waals surface area contributed by atoms with E-state index in [1.165, 1.54) is 5.56 Å². The minimum Gasteiger partial charge on any atom is -0.339 e. The Morgan fingerprint density at radius 2 is 2.00 bits per heavy atom. The van der Waals surface area contributed by atoms with Gasteiger partial charge in [-0.1, -0.05) is 31.1 Å². The molecule has 0 aliphatic carbocycles. The van der Waals surface area contributed by atoms with E-state index >= 15 is 0 Å². The topological polar surface area (TPSA) is 68.0 Å². The number of carbonyl (C=O) groups is 1. The molecule has 0 bridgehead atoms. The molecule has 20 heavy (non-hydrogen) atoms. The highest BCUT2D eigenvalue weighted by Gasteiger charge is 2.08. The predicted molar refractivity (Wildman–Crippen MR) is 76.5 cm³/mol. The molecule has 2 rings (SSSR count). The Labute approximate surface area is 118 Å². The fraction of sp³-hybridized carbons (Fsp3) is 0.400. The third-order valence-corrected chi connectivity index (χ3v) is 3.00. The maximum absolute atomic E-state index is 11.8. The molecule has 0 spiro atoms. The molecule has 0 saturated carbocycles. The first-order chi connectivity index (χ1) is 9.54. The van der Waals surface area contributed by atoms with Crippen LogP contribution in [0, 0.1) is 6.92 Å². The number of aromatic nitrogens is 2. The average molecular weight is 273 g/mol. The van der Waals surface area contributed by atoms with E-state index in [0.29, 0.717) is 30.5 Å². The van der Waals surface area contributed by atoms with Gasteiger partial charge in [0.25, 0.3) is 0 Å². The molecule has 0 aliphatic heterocycles. The highest BCUT2D eigenvalue weighted by Crippen LogP contribution is 2.17. The van der Waals surface area contributed by atoms with E-state index in [-0.39, 0.29) is 5.91 Å². The van der Waals surface area contributed by atoms with Crippen molar-refractivity contribution in [1.82, 2.24) is 10.1 Å². The predicted octanol–water partition coefficient (Wildman–Crippen LogP) is 3.07. The standard InChI is InChI=1S/C15H19N3O2/c1-10(2)12-4-6-13(7-5-12)17-14(19)8-9-15-16-11(3)18-20-15/h4-7,10H,8-9H2,1-3H3,(H,17,19). The van der Waals surface area contributed by atoms with E-state index in [1.54, 1.807) is 6.92 Å². The van der Waals surface area contributed by atoms with Crippen molar-refractivity contribution in [2.45, 2.75) is 39.5 Å². The van der Waals surface area contributed by atoms with Crippen molar-refractivity contribution in [2.24, 2.45) is 0 Å². The lowest BCUT2D eigenvalue weighted by atomic mass is 10.0. The van der Waals surface area contributed by atoms with E-state index < -0.39 is 0 Å². The lowest BCUT2D eigenvalue weighted by Gasteiger charge is -2.08. The monoisotopic (exact) mass is 273 g/mol. The summed E-state index contributed by atoms with van der Waals surface area (Å²) in [6.07, 6.45) is 0.782. The van der Waals surface area contributed by atoms with Crippen LogP contribution >= 0.6 is 0 Å². The summed E-state index contributed by atoms with van der Waals surface area (Å²) in [5.74, 6) is 1.51. The molecule has 106 valence electrons. The van der Waals surface area contributed by atoms with Gasteiger partial charge in [-0.15, -0.1) is 0 Å². The SMILES string of the molecule is Cc1noc(CCC(=O)Nc2ccc(C(C)C)cc2)n1. The number of hydrogen-bond donors (Lipinski definition) is 1. The van der Waals surface area contributed by atoms with E-state index in [9.17, 15) is 4.79 Å². The zero-order valence-corrected chi connectivity index (χ0v) is 12.0. The molecule has 0 atom stereocenters. The Kier molecular flexibility index (Phi) is 4.50. The summed E-state index contributed by atoms with van der Waals surface area (Å²) in [6.45, 7) is 6.03. The fourth-order valence-corrected chi connectivity index (χ4v) is 1.84. The van der Waals surface area contributed by atoms with Gasteiger partial charge in [0.15, 0.2) is 5.82 Å². The van der Waals surface area contributed by atoms with Gasteiger partial charge in [-0.2, -0.15) is 4.98 Å². The lowest BCUT2D eigenvalue weighted by Crippen LogP contribution is -2.12. The van der Waals surface area contributed by atoms with Gasteiger partial charge in [-0.25, -0.2) is 0 Å². The van der Waals surface area contributed by atoms with E-state index in [0.717, 1.165) is 5.69 Å². The molecule has 1 N–H and O–H groups in total. The lowest BCUT2D eigenvalue weighted by molar-refractivity contribution is -0.116. The summed E-state index contributed by atoms with van der Waals surface area (Å²) in [4.78, 5) is 15.9. The molecule has 1 aromatic heterocycles. The maximum atomic E-state index is 11.8. The molecule has 0 radical (unpaired) electrons. The second-order valence-corrected chi connectivity index (χ2v) is 5.06. The average Bonchev–Trinajstić information content (AvgIpc) is 2.83. The quantitative estimate of drug-likeness (QED) is 0.909. The van der Waals surface area contributed by atoms with Crippen molar-refractivity contribution in [3.8, 4) is 0 Å². The van der Waals surface area contributed by atoms with Gasteiger partial charge in [0.1, 0.15) is 0 Å². The molecule has 1 amide bonds. The number of nitrogens with zero attached hydrogens (tertiary/aromatic N) is 2. The van der Waals surface area contributed by atoms with Gasteiger partial charge in [-0.3, -0.25) is 4.79 Å². The molecular weight excluding hydrogens is 254 g/mol. The third-order valence-electron chi connectivity index (χ3n) is 3.00. The summed E-state index contributed by atoms with van der Waals surface area (Å²) in [5, 5.41) is 6.54. The molecule has 1 heterocycles. The Morgan fingerprint density at radius 3 is 2.55 bits per heavy atom. The van der Waals surface area contributed by atoms with Gasteiger partial charge >= 0.3 is 0 Å². The summed E-state index contributed by atoms with van der Waals surface area (Å²) >= 11 is 0. The Balaban J connectivity index is 1.84. The number of aryl methyl sites for hydroxylation is 2. The van der Waals surface area contributed by atoms with E-state index in [4.69, 9.17) is 4.52 Å². The zero-order chi connectivity index (χ0) is 14.5. The molecule has 5 heteroatoms. The Hall–Kier alpha value is -2.17. The van der Waals surface area contributed by atoms with Crippen molar-refractivity contribution in [1.29, 1.82) is 0 Å². The maximum Gasteiger partial charge on any atom is 0.227 e. The first-order valence-electron chi connectivity index (χ1n) is 6.73. The fourth-order valence-electron chi connectivity index (χ4n) is 1.84. The first-order valence-corrected chi connectivity index (χ1v) is 6.73. The van der Waals surface area contributed by atoms with Gasteiger partial charge in [0, 0.05) is 18.5 Å². The summed E-state index contributed by atoms with van der Waals surface area (Å²) in [5.41, 5.74) is 2.06. The number of benzene rings is 1. The molecule has 0 unspecified atom stereocenters. The second-order valence-electron chi connectivity index (χ2n) is 5.06.